The second-order valence-electron chi connectivity index (χ2n) is 10.7. The van der Waals surface area contributed by atoms with Gasteiger partial charge in [0.1, 0.15) is 6.04 Å². The Morgan fingerprint density at radius 1 is 0.917 bits per heavy atom. The number of para-hydroxylation sites is 2. The molecule has 1 aliphatic carbocycles. The summed E-state index contributed by atoms with van der Waals surface area (Å²) in [6.45, 7) is 0. The van der Waals surface area contributed by atoms with E-state index < -0.39 is 24.4 Å². The van der Waals surface area contributed by atoms with E-state index in [1.54, 1.807) is 4.57 Å². The molecule has 2 saturated heterocycles. The fourth-order valence-corrected chi connectivity index (χ4v) is 6.87. The summed E-state index contributed by atoms with van der Waals surface area (Å²) in [5.74, 6) is -2.69. The molecule has 9 heteroatoms. The van der Waals surface area contributed by atoms with E-state index in [1.807, 2.05) is 24.3 Å². The van der Waals surface area contributed by atoms with Crippen LogP contribution in [-0.2, 0) is 9.59 Å². The first-order chi connectivity index (χ1) is 17.4. The third-order valence-corrected chi connectivity index (χ3v) is 8.41. The van der Waals surface area contributed by atoms with Gasteiger partial charge in [0.2, 0.25) is 0 Å². The molecule has 3 aliphatic rings. The standard InChI is InChI=1S/C27H36N4O5/c32-24(33)16-22(27(35)36)29-25-26(34)31(23-11-7-6-10-21(23)28-25)20-14-18-12-13-19(15-20)30(18)17-8-4-2-1-3-5-9-17/h6-7,10-11,17-20,22H,1-5,8-9,12-16H2,(H,28,29)(H,32,33)(H,35,36)/t18-,19+,20?,22-/m1/s1. The molecular formula is C27H36N4O5. The topological polar surface area (TPSA) is 125 Å². The molecule has 4 atom stereocenters. The van der Waals surface area contributed by atoms with E-state index in [9.17, 15) is 19.5 Å². The van der Waals surface area contributed by atoms with Crippen molar-refractivity contribution in [3.8, 4) is 0 Å². The summed E-state index contributed by atoms with van der Waals surface area (Å²) in [5, 5.41) is 21.3. The zero-order valence-electron chi connectivity index (χ0n) is 20.6. The highest BCUT2D eigenvalue weighted by Gasteiger charge is 2.44. The number of carboxylic acid groups (broad SMARTS) is 2. The lowest BCUT2D eigenvalue weighted by Gasteiger charge is -2.45. The average molecular weight is 497 g/mol. The van der Waals surface area contributed by atoms with Crippen molar-refractivity contribution < 1.29 is 19.8 Å². The molecule has 1 aromatic heterocycles. The van der Waals surface area contributed by atoms with Gasteiger partial charge in [0.05, 0.1) is 17.5 Å². The molecule has 1 aromatic carbocycles. The van der Waals surface area contributed by atoms with E-state index in [-0.39, 0.29) is 17.4 Å². The Kier molecular flexibility index (Phi) is 7.27. The van der Waals surface area contributed by atoms with Crippen molar-refractivity contribution in [3.63, 3.8) is 0 Å². The smallest absolute Gasteiger partial charge is 0.326 e. The maximum absolute atomic E-state index is 13.7. The van der Waals surface area contributed by atoms with Gasteiger partial charge in [-0.3, -0.25) is 14.5 Å². The minimum absolute atomic E-state index is 0.00370. The largest absolute Gasteiger partial charge is 0.481 e. The van der Waals surface area contributed by atoms with Crippen LogP contribution < -0.4 is 10.9 Å². The van der Waals surface area contributed by atoms with Crippen molar-refractivity contribution in [2.45, 2.75) is 107 Å². The van der Waals surface area contributed by atoms with E-state index in [0.29, 0.717) is 23.6 Å². The third kappa shape index (κ3) is 4.98. The Hall–Kier alpha value is -2.94. The Bertz CT molecular complexity index is 1160. The molecule has 2 aliphatic heterocycles. The Labute approximate surface area is 210 Å². The predicted octanol–water partition coefficient (Wildman–Crippen LogP) is 4.02. The van der Waals surface area contributed by atoms with Crippen LogP contribution in [0.4, 0.5) is 5.82 Å². The molecule has 2 bridgehead atoms. The van der Waals surface area contributed by atoms with Gasteiger partial charge >= 0.3 is 11.9 Å². The number of carboxylic acids is 2. The highest BCUT2D eigenvalue weighted by molar-refractivity contribution is 5.84. The lowest BCUT2D eigenvalue weighted by atomic mass is 9.89. The number of carbonyl (C=O) groups is 2. The molecule has 36 heavy (non-hydrogen) atoms. The summed E-state index contributed by atoms with van der Waals surface area (Å²) in [4.78, 5) is 43.7. The van der Waals surface area contributed by atoms with E-state index in [4.69, 9.17) is 5.11 Å². The van der Waals surface area contributed by atoms with Crippen LogP contribution in [0.15, 0.2) is 29.1 Å². The number of anilines is 1. The maximum atomic E-state index is 13.7. The summed E-state index contributed by atoms with van der Waals surface area (Å²) in [6, 6.07) is 7.52. The van der Waals surface area contributed by atoms with E-state index >= 15 is 0 Å². The molecule has 3 fully saturated rings. The summed E-state index contributed by atoms with van der Waals surface area (Å²) >= 11 is 0. The Balaban J connectivity index is 1.46. The van der Waals surface area contributed by atoms with Gasteiger partial charge < -0.3 is 20.1 Å². The fourth-order valence-electron chi connectivity index (χ4n) is 6.87. The number of hydrogen-bond donors (Lipinski definition) is 3. The minimum Gasteiger partial charge on any atom is -0.481 e. The van der Waals surface area contributed by atoms with Gasteiger partial charge in [0.15, 0.2) is 5.82 Å². The van der Waals surface area contributed by atoms with Gasteiger partial charge in [-0.25, -0.2) is 9.78 Å². The highest BCUT2D eigenvalue weighted by atomic mass is 16.4. The van der Waals surface area contributed by atoms with Crippen molar-refractivity contribution in [2.75, 3.05) is 5.32 Å². The SMILES string of the molecule is O=C(O)C[C@@H](Nc1nc2ccccc2n(C2C[C@H]3CC[C@@H](C2)N3C2CCCCCCC2)c1=O)C(=O)O. The number of nitrogens with one attached hydrogen (secondary N) is 1. The van der Waals surface area contributed by atoms with Crippen molar-refractivity contribution in [1.29, 1.82) is 0 Å². The number of rotatable bonds is 7. The zero-order valence-corrected chi connectivity index (χ0v) is 20.6. The minimum atomic E-state index is -1.44. The molecule has 9 nitrogen and oxygen atoms in total. The predicted molar refractivity (Wildman–Crippen MR) is 136 cm³/mol. The van der Waals surface area contributed by atoms with E-state index in [1.165, 1.54) is 44.9 Å². The van der Waals surface area contributed by atoms with Gasteiger partial charge in [0.25, 0.3) is 5.56 Å². The molecule has 194 valence electrons. The van der Waals surface area contributed by atoms with Crippen LogP contribution in [0.2, 0.25) is 0 Å². The summed E-state index contributed by atoms with van der Waals surface area (Å²) < 4.78 is 1.80. The van der Waals surface area contributed by atoms with E-state index in [0.717, 1.165) is 31.2 Å². The molecule has 3 heterocycles. The van der Waals surface area contributed by atoms with Gasteiger partial charge in [-0.15, -0.1) is 0 Å². The van der Waals surface area contributed by atoms with Crippen LogP contribution in [0.3, 0.4) is 0 Å². The van der Waals surface area contributed by atoms with Gasteiger partial charge in [-0.05, 0) is 50.7 Å². The normalized spacial score (nSPS) is 26.3. The number of aliphatic carboxylic acids is 2. The lowest BCUT2D eigenvalue weighted by Crippen LogP contribution is -2.50. The van der Waals surface area contributed by atoms with Crippen molar-refractivity contribution in [1.82, 2.24) is 14.5 Å². The van der Waals surface area contributed by atoms with Gasteiger partial charge in [-0.2, -0.15) is 0 Å². The molecule has 0 radical (unpaired) electrons. The van der Waals surface area contributed by atoms with Crippen LogP contribution in [0.1, 0.15) is 83.1 Å². The summed E-state index contributed by atoms with van der Waals surface area (Å²) in [7, 11) is 0. The second-order valence-corrected chi connectivity index (χ2v) is 10.7. The first-order valence-electron chi connectivity index (χ1n) is 13.4. The summed E-state index contributed by atoms with van der Waals surface area (Å²) in [5.41, 5.74) is 0.949. The highest BCUT2D eigenvalue weighted by Crippen LogP contribution is 2.44. The number of fused-ring (bicyclic) bond motifs is 3. The number of hydrogen-bond acceptors (Lipinski definition) is 6. The van der Waals surface area contributed by atoms with Crippen molar-refractivity contribution >= 4 is 28.8 Å². The van der Waals surface area contributed by atoms with Gasteiger partial charge in [-0.1, -0.05) is 44.2 Å². The summed E-state index contributed by atoms with van der Waals surface area (Å²) in [6.07, 6.45) is 12.6. The average Bonchev–Trinajstić information content (AvgIpc) is 3.07. The molecule has 1 saturated carbocycles. The molecule has 2 aromatic rings. The number of benzene rings is 1. The maximum Gasteiger partial charge on any atom is 0.326 e. The second kappa shape index (κ2) is 10.6. The number of piperidine rings is 1. The van der Waals surface area contributed by atoms with Crippen LogP contribution >= 0.6 is 0 Å². The molecule has 0 amide bonds. The van der Waals surface area contributed by atoms with Crippen molar-refractivity contribution in [3.05, 3.63) is 34.6 Å². The molecule has 3 N–H and O–H groups in total. The first-order valence-corrected chi connectivity index (χ1v) is 13.4. The molecule has 5 rings (SSSR count). The van der Waals surface area contributed by atoms with Crippen LogP contribution in [0.25, 0.3) is 11.0 Å². The van der Waals surface area contributed by atoms with Crippen LogP contribution in [0, 0.1) is 0 Å². The quantitative estimate of drug-likeness (QED) is 0.525. The third-order valence-electron chi connectivity index (χ3n) is 8.41. The van der Waals surface area contributed by atoms with E-state index in [2.05, 4.69) is 15.2 Å². The monoisotopic (exact) mass is 496 g/mol. The van der Waals surface area contributed by atoms with Crippen LogP contribution in [0.5, 0.6) is 0 Å². The Morgan fingerprint density at radius 3 is 2.19 bits per heavy atom. The number of nitrogens with zero attached hydrogens (tertiary/aromatic N) is 3. The first kappa shape index (κ1) is 24.7. The fraction of sp³-hybridized carbons (Fsp3) is 0.630. The van der Waals surface area contributed by atoms with Crippen molar-refractivity contribution in [2.24, 2.45) is 0 Å². The number of aromatic nitrogens is 2. The Morgan fingerprint density at radius 2 is 1.56 bits per heavy atom. The molecule has 1 unspecified atom stereocenters. The molecule has 0 spiro atoms. The van der Waals surface area contributed by atoms with Crippen LogP contribution in [-0.4, -0.2) is 60.8 Å². The lowest BCUT2D eigenvalue weighted by molar-refractivity contribution is -0.144. The zero-order chi connectivity index (χ0) is 25.2. The molecular weight excluding hydrogens is 460 g/mol. The van der Waals surface area contributed by atoms with Gasteiger partial charge in [0, 0.05) is 24.2 Å².